The zero-order valence-electron chi connectivity index (χ0n) is 6.90. The highest BCUT2D eigenvalue weighted by Gasteiger charge is 2.23. The number of hydrogen-bond donors (Lipinski definition) is 0. The van der Waals surface area contributed by atoms with Crippen molar-refractivity contribution in [3.8, 4) is 0 Å². The van der Waals surface area contributed by atoms with Crippen molar-refractivity contribution in [3.63, 3.8) is 0 Å². The number of alkyl halides is 1. The van der Waals surface area contributed by atoms with E-state index in [1.807, 2.05) is 0 Å². The average molecular weight is 246 g/mol. The predicted octanol–water partition coefficient (Wildman–Crippen LogP) is 3.98. The Bertz CT molecular complexity index is 320. The molecule has 1 unspecified atom stereocenters. The SMILES string of the molecule is Cc1ccc(Br)c2c1C(Cl)CC2. The molecule has 2 heteroatoms. The third kappa shape index (κ3) is 1.20. The predicted molar refractivity (Wildman–Crippen MR) is 55.8 cm³/mol. The van der Waals surface area contributed by atoms with E-state index in [0.717, 1.165) is 12.8 Å². The summed E-state index contributed by atoms with van der Waals surface area (Å²) in [6.07, 6.45) is 2.20. The van der Waals surface area contributed by atoms with Gasteiger partial charge in [-0.05, 0) is 42.5 Å². The molecule has 0 bridgehead atoms. The van der Waals surface area contributed by atoms with E-state index in [1.54, 1.807) is 0 Å². The molecule has 1 aliphatic carbocycles. The Hall–Kier alpha value is -0.0100. The van der Waals surface area contributed by atoms with Crippen molar-refractivity contribution in [1.82, 2.24) is 0 Å². The first kappa shape index (κ1) is 8.58. The fourth-order valence-corrected chi connectivity index (χ4v) is 2.82. The summed E-state index contributed by atoms with van der Waals surface area (Å²) in [4.78, 5) is 0. The second-order valence-corrected chi connectivity index (χ2v) is 4.64. The van der Waals surface area contributed by atoms with E-state index in [9.17, 15) is 0 Å². The molecule has 1 aromatic carbocycles. The smallest absolute Gasteiger partial charge is 0.0594 e. The summed E-state index contributed by atoms with van der Waals surface area (Å²) in [5.74, 6) is 0. The summed E-state index contributed by atoms with van der Waals surface area (Å²) in [7, 11) is 0. The molecule has 0 heterocycles. The molecule has 1 atom stereocenters. The molecule has 0 spiro atoms. The van der Waals surface area contributed by atoms with E-state index in [2.05, 4.69) is 35.0 Å². The lowest BCUT2D eigenvalue weighted by Crippen LogP contribution is -1.89. The molecule has 0 amide bonds. The maximum atomic E-state index is 6.20. The first-order chi connectivity index (χ1) is 5.70. The van der Waals surface area contributed by atoms with Crippen LogP contribution in [0, 0.1) is 6.92 Å². The number of halogens is 2. The van der Waals surface area contributed by atoms with Crippen LogP contribution in [-0.4, -0.2) is 0 Å². The van der Waals surface area contributed by atoms with Crippen LogP contribution in [0.3, 0.4) is 0 Å². The lowest BCUT2D eigenvalue weighted by atomic mass is 10.1. The lowest BCUT2D eigenvalue weighted by Gasteiger charge is -2.08. The van der Waals surface area contributed by atoms with E-state index in [-0.39, 0.29) is 5.38 Å². The number of benzene rings is 1. The van der Waals surface area contributed by atoms with Crippen LogP contribution in [0.5, 0.6) is 0 Å². The molecule has 0 saturated carbocycles. The average Bonchev–Trinajstić information content (AvgIpc) is 2.42. The van der Waals surface area contributed by atoms with E-state index in [0.29, 0.717) is 0 Å². The van der Waals surface area contributed by atoms with Gasteiger partial charge in [0.1, 0.15) is 0 Å². The minimum absolute atomic E-state index is 0.234. The van der Waals surface area contributed by atoms with Crippen LogP contribution in [0.2, 0.25) is 0 Å². The summed E-state index contributed by atoms with van der Waals surface area (Å²) in [5.41, 5.74) is 4.09. The third-order valence-corrected chi connectivity index (χ3v) is 3.66. The molecule has 0 N–H and O–H groups in total. The number of fused-ring (bicyclic) bond motifs is 1. The number of rotatable bonds is 0. The highest BCUT2D eigenvalue weighted by Crippen LogP contribution is 2.41. The molecule has 0 fully saturated rings. The van der Waals surface area contributed by atoms with Crippen LogP contribution >= 0.6 is 27.5 Å². The second-order valence-electron chi connectivity index (χ2n) is 3.26. The first-order valence-corrected chi connectivity index (χ1v) is 5.35. The Morgan fingerprint density at radius 3 is 2.92 bits per heavy atom. The molecule has 64 valence electrons. The van der Waals surface area contributed by atoms with Crippen molar-refractivity contribution in [1.29, 1.82) is 0 Å². The summed E-state index contributed by atoms with van der Waals surface area (Å²) in [6.45, 7) is 2.13. The van der Waals surface area contributed by atoms with Gasteiger partial charge in [0.05, 0.1) is 5.38 Å². The quantitative estimate of drug-likeness (QED) is 0.607. The maximum Gasteiger partial charge on any atom is 0.0594 e. The van der Waals surface area contributed by atoms with Crippen molar-refractivity contribution in [3.05, 3.63) is 33.3 Å². The molecule has 0 radical (unpaired) electrons. The second kappa shape index (κ2) is 3.04. The Morgan fingerprint density at radius 1 is 1.50 bits per heavy atom. The molecule has 2 rings (SSSR count). The van der Waals surface area contributed by atoms with Gasteiger partial charge in [-0.15, -0.1) is 11.6 Å². The molecule has 0 nitrogen and oxygen atoms in total. The highest BCUT2D eigenvalue weighted by atomic mass is 79.9. The van der Waals surface area contributed by atoms with Crippen molar-refractivity contribution >= 4 is 27.5 Å². The lowest BCUT2D eigenvalue weighted by molar-refractivity contribution is 0.878. The molecule has 12 heavy (non-hydrogen) atoms. The van der Waals surface area contributed by atoms with Gasteiger partial charge in [0.15, 0.2) is 0 Å². The van der Waals surface area contributed by atoms with Gasteiger partial charge in [-0.25, -0.2) is 0 Å². The van der Waals surface area contributed by atoms with Crippen LogP contribution in [0.4, 0.5) is 0 Å². The van der Waals surface area contributed by atoms with Gasteiger partial charge in [-0.3, -0.25) is 0 Å². The molecule has 0 aliphatic heterocycles. The molecular weight excluding hydrogens is 235 g/mol. The van der Waals surface area contributed by atoms with Crippen LogP contribution in [-0.2, 0) is 6.42 Å². The summed E-state index contributed by atoms with van der Waals surface area (Å²) >= 11 is 9.75. The molecular formula is C10H10BrCl. The molecule has 0 aromatic heterocycles. The van der Waals surface area contributed by atoms with Gasteiger partial charge in [0.2, 0.25) is 0 Å². The van der Waals surface area contributed by atoms with Crippen LogP contribution < -0.4 is 0 Å². The Balaban J connectivity index is 2.64. The largest absolute Gasteiger partial charge is 0.118 e. The van der Waals surface area contributed by atoms with Crippen molar-refractivity contribution in [2.75, 3.05) is 0 Å². The monoisotopic (exact) mass is 244 g/mol. The van der Waals surface area contributed by atoms with Gasteiger partial charge in [-0.1, -0.05) is 22.0 Å². The Kier molecular flexibility index (Phi) is 2.18. The molecule has 0 saturated heterocycles. The topological polar surface area (TPSA) is 0 Å². The minimum Gasteiger partial charge on any atom is -0.118 e. The zero-order chi connectivity index (χ0) is 8.72. The van der Waals surface area contributed by atoms with Crippen molar-refractivity contribution in [2.45, 2.75) is 25.1 Å². The minimum atomic E-state index is 0.234. The maximum absolute atomic E-state index is 6.20. The van der Waals surface area contributed by atoms with E-state index in [1.165, 1.54) is 21.2 Å². The Morgan fingerprint density at radius 2 is 2.25 bits per heavy atom. The standard InChI is InChI=1S/C10H10BrCl/c1-6-2-4-8(11)7-3-5-9(12)10(6)7/h2,4,9H,3,5H2,1H3. The fourth-order valence-electron chi connectivity index (χ4n) is 1.86. The van der Waals surface area contributed by atoms with Gasteiger partial charge < -0.3 is 0 Å². The molecule has 1 aliphatic rings. The first-order valence-electron chi connectivity index (χ1n) is 4.12. The van der Waals surface area contributed by atoms with Crippen molar-refractivity contribution in [2.24, 2.45) is 0 Å². The summed E-state index contributed by atoms with van der Waals surface area (Å²) < 4.78 is 1.21. The normalized spacial score (nSPS) is 21.1. The summed E-state index contributed by atoms with van der Waals surface area (Å²) in [5, 5.41) is 0.234. The van der Waals surface area contributed by atoms with E-state index in [4.69, 9.17) is 11.6 Å². The summed E-state index contributed by atoms with van der Waals surface area (Å²) in [6, 6.07) is 4.24. The zero-order valence-corrected chi connectivity index (χ0v) is 9.24. The van der Waals surface area contributed by atoms with Gasteiger partial charge >= 0.3 is 0 Å². The van der Waals surface area contributed by atoms with Crippen LogP contribution in [0.25, 0.3) is 0 Å². The molecule has 1 aromatic rings. The highest BCUT2D eigenvalue weighted by molar-refractivity contribution is 9.10. The third-order valence-electron chi connectivity index (χ3n) is 2.48. The van der Waals surface area contributed by atoms with Crippen molar-refractivity contribution < 1.29 is 0 Å². The van der Waals surface area contributed by atoms with Gasteiger partial charge in [-0.2, -0.15) is 0 Å². The van der Waals surface area contributed by atoms with Gasteiger partial charge in [0, 0.05) is 4.47 Å². The van der Waals surface area contributed by atoms with Gasteiger partial charge in [0.25, 0.3) is 0 Å². The van der Waals surface area contributed by atoms with Crippen LogP contribution in [0.1, 0.15) is 28.5 Å². The fraction of sp³-hybridized carbons (Fsp3) is 0.400. The van der Waals surface area contributed by atoms with E-state index >= 15 is 0 Å². The number of aryl methyl sites for hydroxylation is 1. The van der Waals surface area contributed by atoms with Crippen LogP contribution in [0.15, 0.2) is 16.6 Å². The Labute approximate surface area is 86.1 Å². The number of hydrogen-bond acceptors (Lipinski definition) is 0. The van der Waals surface area contributed by atoms with E-state index < -0.39 is 0 Å².